The zero-order chi connectivity index (χ0) is 14.7. The Labute approximate surface area is 133 Å². The van der Waals surface area contributed by atoms with E-state index in [0.29, 0.717) is 23.4 Å². The van der Waals surface area contributed by atoms with E-state index in [4.69, 9.17) is 0 Å². The predicted octanol–water partition coefficient (Wildman–Crippen LogP) is 1.76. The summed E-state index contributed by atoms with van der Waals surface area (Å²) in [6, 6.07) is 5.95. The Morgan fingerprint density at radius 3 is 2.68 bits per heavy atom. The van der Waals surface area contributed by atoms with Crippen molar-refractivity contribution >= 4 is 28.7 Å². The molecule has 1 aromatic carbocycles. The molecule has 5 atom stereocenters. The standard InChI is InChI=1S/C16H18N4OS/c21-16(10-1-2-13-14(5-10)19-22-18-13)17-15-11-3-9-4-12(15)8-20(6-9)7-11/h1-2,5,9,11-12,15H,3-4,6-8H2,(H,17,21)/t9?,11-,12+,15?. The van der Waals surface area contributed by atoms with Crippen LogP contribution in [-0.4, -0.2) is 45.2 Å². The zero-order valence-electron chi connectivity index (χ0n) is 12.2. The molecule has 3 saturated heterocycles. The summed E-state index contributed by atoms with van der Waals surface area (Å²) < 4.78 is 8.41. The molecule has 3 unspecified atom stereocenters. The third-order valence-electron chi connectivity index (χ3n) is 5.60. The van der Waals surface area contributed by atoms with Gasteiger partial charge in [-0.25, -0.2) is 0 Å². The fourth-order valence-electron chi connectivity index (χ4n) is 4.80. The minimum Gasteiger partial charge on any atom is -0.349 e. The number of aromatic nitrogens is 2. The molecule has 4 bridgehead atoms. The molecule has 4 fully saturated rings. The summed E-state index contributed by atoms with van der Waals surface area (Å²) in [4.78, 5) is 15.2. The minimum absolute atomic E-state index is 0.0439. The lowest BCUT2D eigenvalue weighted by Gasteiger charge is -2.55. The van der Waals surface area contributed by atoms with Gasteiger partial charge in [0, 0.05) is 31.2 Å². The van der Waals surface area contributed by atoms with Gasteiger partial charge in [-0.3, -0.25) is 4.79 Å². The lowest BCUT2D eigenvalue weighted by atomic mass is 9.65. The molecule has 6 rings (SSSR count). The van der Waals surface area contributed by atoms with Crippen molar-refractivity contribution in [3.05, 3.63) is 23.8 Å². The van der Waals surface area contributed by atoms with Crippen LogP contribution in [0.4, 0.5) is 0 Å². The predicted molar refractivity (Wildman–Crippen MR) is 84.8 cm³/mol. The summed E-state index contributed by atoms with van der Waals surface area (Å²) in [5, 5.41) is 3.32. The first-order valence-corrected chi connectivity index (χ1v) is 8.75. The highest BCUT2D eigenvalue weighted by atomic mass is 32.1. The Hall–Kier alpha value is -1.53. The van der Waals surface area contributed by atoms with Gasteiger partial charge in [0.1, 0.15) is 11.0 Å². The van der Waals surface area contributed by atoms with E-state index in [9.17, 15) is 4.79 Å². The van der Waals surface area contributed by atoms with Crippen molar-refractivity contribution in [2.45, 2.75) is 18.9 Å². The number of fused-ring (bicyclic) bond motifs is 1. The maximum atomic E-state index is 12.6. The largest absolute Gasteiger partial charge is 0.349 e. The summed E-state index contributed by atoms with van der Waals surface area (Å²) in [5.74, 6) is 2.19. The lowest BCUT2D eigenvalue weighted by molar-refractivity contribution is -0.0418. The molecule has 1 N–H and O–H groups in total. The first-order valence-electron chi connectivity index (χ1n) is 8.02. The van der Waals surface area contributed by atoms with Gasteiger partial charge in [-0.2, -0.15) is 8.75 Å². The fourth-order valence-corrected chi connectivity index (χ4v) is 5.32. The Balaban J connectivity index is 1.38. The molecule has 1 amide bonds. The van der Waals surface area contributed by atoms with Crippen LogP contribution in [0.15, 0.2) is 18.2 Å². The Bertz CT molecular complexity index is 715. The van der Waals surface area contributed by atoms with Crippen LogP contribution in [0.5, 0.6) is 0 Å². The van der Waals surface area contributed by atoms with Crippen molar-refractivity contribution in [3.63, 3.8) is 0 Å². The first kappa shape index (κ1) is 13.0. The van der Waals surface area contributed by atoms with Crippen LogP contribution in [0.1, 0.15) is 23.2 Å². The molecular formula is C16H18N4OS. The number of amides is 1. The molecular weight excluding hydrogens is 296 g/mol. The van der Waals surface area contributed by atoms with Gasteiger partial charge in [0.05, 0.1) is 11.7 Å². The number of carbonyl (C=O) groups is 1. The molecule has 3 aliphatic heterocycles. The van der Waals surface area contributed by atoms with E-state index in [-0.39, 0.29) is 5.91 Å². The molecule has 0 radical (unpaired) electrons. The molecule has 4 aliphatic rings. The fraction of sp³-hybridized carbons (Fsp3) is 0.562. The zero-order valence-corrected chi connectivity index (χ0v) is 13.1. The maximum absolute atomic E-state index is 12.6. The highest BCUT2D eigenvalue weighted by Crippen LogP contribution is 2.43. The van der Waals surface area contributed by atoms with Crippen molar-refractivity contribution < 1.29 is 4.79 Å². The van der Waals surface area contributed by atoms with Crippen LogP contribution in [0.3, 0.4) is 0 Å². The van der Waals surface area contributed by atoms with Gasteiger partial charge in [-0.1, -0.05) is 0 Å². The molecule has 6 heteroatoms. The van der Waals surface area contributed by atoms with Gasteiger partial charge in [0.25, 0.3) is 5.91 Å². The number of nitrogens with one attached hydrogen (secondary N) is 1. The van der Waals surface area contributed by atoms with Gasteiger partial charge >= 0.3 is 0 Å². The van der Waals surface area contributed by atoms with E-state index >= 15 is 0 Å². The first-order chi connectivity index (χ1) is 10.8. The maximum Gasteiger partial charge on any atom is 0.251 e. The van der Waals surface area contributed by atoms with Crippen molar-refractivity contribution in [2.24, 2.45) is 17.8 Å². The van der Waals surface area contributed by atoms with Gasteiger partial charge in [0.2, 0.25) is 0 Å². The second kappa shape index (κ2) is 4.73. The second-order valence-electron chi connectivity index (χ2n) is 7.04. The number of piperidine rings is 3. The number of carbonyl (C=O) groups excluding carboxylic acids is 1. The van der Waals surface area contributed by atoms with E-state index < -0.39 is 0 Å². The molecule has 4 heterocycles. The topological polar surface area (TPSA) is 58.1 Å². The molecule has 1 aromatic heterocycles. The smallest absolute Gasteiger partial charge is 0.251 e. The van der Waals surface area contributed by atoms with Crippen LogP contribution in [-0.2, 0) is 0 Å². The minimum atomic E-state index is 0.0439. The Kier molecular flexibility index (Phi) is 2.79. The lowest BCUT2D eigenvalue weighted by Crippen LogP contribution is -2.64. The molecule has 5 nitrogen and oxygen atoms in total. The summed E-state index contributed by atoms with van der Waals surface area (Å²) in [7, 11) is 0. The van der Waals surface area contributed by atoms with E-state index in [1.165, 1.54) is 31.1 Å². The summed E-state index contributed by atoms with van der Waals surface area (Å²) >= 11 is 1.19. The molecule has 1 saturated carbocycles. The van der Waals surface area contributed by atoms with Gasteiger partial charge in [-0.05, 0) is 48.8 Å². The number of nitrogens with zero attached hydrogens (tertiary/aromatic N) is 3. The van der Waals surface area contributed by atoms with Gasteiger partial charge in [0.15, 0.2) is 0 Å². The third kappa shape index (κ3) is 1.97. The normalized spacial score (nSPS) is 35.9. The van der Waals surface area contributed by atoms with Gasteiger partial charge in [-0.15, -0.1) is 0 Å². The molecule has 0 spiro atoms. The Morgan fingerprint density at radius 1 is 1.14 bits per heavy atom. The number of hydrogen-bond acceptors (Lipinski definition) is 5. The molecule has 114 valence electrons. The van der Waals surface area contributed by atoms with Crippen molar-refractivity contribution in [2.75, 3.05) is 19.6 Å². The number of rotatable bonds is 2. The average Bonchev–Trinajstić information content (AvgIpc) is 2.97. The van der Waals surface area contributed by atoms with Crippen LogP contribution in [0, 0.1) is 17.8 Å². The van der Waals surface area contributed by atoms with E-state index in [1.807, 2.05) is 18.2 Å². The second-order valence-corrected chi connectivity index (χ2v) is 7.57. The quantitative estimate of drug-likeness (QED) is 0.918. The van der Waals surface area contributed by atoms with E-state index in [2.05, 4.69) is 19.0 Å². The van der Waals surface area contributed by atoms with Crippen LogP contribution >= 0.6 is 11.7 Å². The SMILES string of the molecule is O=C(NC1[C@@H]2CC3C[C@H]1CN(C3)C2)c1ccc2nsnc2c1. The number of hydrogen-bond donors (Lipinski definition) is 1. The highest BCUT2D eigenvalue weighted by Gasteiger charge is 2.47. The summed E-state index contributed by atoms with van der Waals surface area (Å²) in [6.07, 6.45) is 2.57. The van der Waals surface area contributed by atoms with Crippen molar-refractivity contribution in [1.29, 1.82) is 0 Å². The summed E-state index contributed by atoms with van der Waals surface area (Å²) in [6.45, 7) is 3.60. The highest BCUT2D eigenvalue weighted by molar-refractivity contribution is 7.00. The van der Waals surface area contributed by atoms with Gasteiger partial charge < -0.3 is 10.2 Å². The van der Waals surface area contributed by atoms with Crippen LogP contribution < -0.4 is 5.32 Å². The van der Waals surface area contributed by atoms with Crippen molar-refractivity contribution in [3.8, 4) is 0 Å². The number of benzene rings is 1. The van der Waals surface area contributed by atoms with Crippen molar-refractivity contribution in [1.82, 2.24) is 19.0 Å². The average molecular weight is 314 g/mol. The third-order valence-corrected chi connectivity index (χ3v) is 6.16. The summed E-state index contributed by atoms with van der Waals surface area (Å²) in [5.41, 5.74) is 2.38. The monoisotopic (exact) mass is 314 g/mol. The van der Waals surface area contributed by atoms with E-state index in [1.54, 1.807) is 0 Å². The van der Waals surface area contributed by atoms with Crippen LogP contribution in [0.25, 0.3) is 11.0 Å². The van der Waals surface area contributed by atoms with E-state index in [0.717, 1.165) is 30.0 Å². The molecule has 2 aromatic rings. The Morgan fingerprint density at radius 2 is 1.91 bits per heavy atom. The van der Waals surface area contributed by atoms with Crippen LogP contribution in [0.2, 0.25) is 0 Å². The molecule has 1 aliphatic carbocycles. The molecule has 22 heavy (non-hydrogen) atoms.